The van der Waals surface area contributed by atoms with Gasteiger partial charge in [0.15, 0.2) is 0 Å². The fourth-order valence-electron chi connectivity index (χ4n) is 3.92. The van der Waals surface area contributed by atoms with Crippen LogP contribution in [0.4, 0.5) is 16.2 Å². The van der Waals surface area contributed by atoms with E-state index in [2.05, 4.69) is 50.2 Å². The van der Waals surface area contributed by atoms with Crippen LogP contribution in [0.15, 0.2) is 78.9 Å². The maximum absolute atomic E-state index is 13.4. The van der Waals surface area contributed by atoms with Crippen molar-refractivity contribution in [3.63, 3.8) is 0 Å². The lowest BCUT2D eigenvalue weighted by molar-refractivity contribution is 0.252. The van der Waals surface area contributed by atoms with Crippen LogP contribution in [0.2, 0.25) is 0 Å². The predicted molar refractivity (Wildman–Crippen MR) is 148 cm³/mol. The molecule has 0 saturated carbocycles. The lowest BCUT2D eigenvalue weighted by atomic mass is 10.0. The van der Waals surface area contributed by atoms with Gasteiger partial charge in [0.25, 0.3) is 0 Å². The molecule has 2 N–H and O–H groups in total. The van der Waals surface area contributed by atoms with E-state index in [0.29, 0.717) is 6.54 Å². The highest BCUT2D eigenvalue weighted by Gasteiger charge is 2.23. The molecule has 0 aliphatic heterocycles. The van der Waals surface area contributed by atoms with Crippen molar-refractivity contribution in [3.05, 3.63) is 84.4 Å². The molecule has 0 aromatic heterocycles. The Morgan fingerprint density at radius 3 is 1.88 bits per heavy atom. The van der Waals surface area contributed by atoms with Gasteiger partial charge in [-0.25, -0.2) is 4.79 Å². The first-order valence-electron chi connectivity index (χ1n) is 12.6. The minimum Gasteiger partial charge on any atom is -0.326 e. The van der Waals surface area contributed by atoms with Crippen molar-refractivity contribution in [3.8, 4) is 11.1 Å². The van der Waals surface area contributed by atoms with Crippen LogP contribution in [0.3, 0.4) is 0 Å². The minimum atomic E-state index is -0.0839. The number of hydrogen-bond acceptors (Lipinski definition) is 2. The number of urea groups is 1. The van der Waals surface area contributed by atoms with Crippen molar-refractivity contribution in [1.82, 2.24) is 0 Å². The monoisotopic (exact) mass is 459 g/mol. The Hall–Kier alpha value is -3.11. The lowest BCUT2D eigenvalue weighted by Crippen LogP contribution is -2.47. The zero-order valence-electron chi connectivity index (χ0n) is 21.5. The van der Waals surface area contributed by atoms with Crippen molar-refractivity contribution in [2.24, 2.45) is 5.73 Å². The van der Waals surface area contributed by atoms with Gasteiger partial charge in [-0.15, -0.1) is 0 Å². The first kappa shape index (κ1) is 27.1. The maximum Gasteiger partial charge on any atom is 0.328 e. The molecule has 0 heterocycles. The van der Waals surface area contributed by atoms with Gasteiger partial charge in [-0.1, -0.05) is 95.1 Å². The number of amides is 2. The van der Waals surface area contributed by atoms with E-state index in [9.17, 15) is 4.79 Å². The lowest BCUT2D eigenvalue weighted by Gasteiger charge is -2.30. The molecule has 3 rings (SSSR count). The summed E-state index contributed by atoms with van der Waals surface area (Å²) in [4.78, 5) is 16.9. The topological polar surface area (TPSA) is 49.6 Å². The molecule has 0 fully saturated rings. The van der Waals surface area contributed by atoms with Crippen LogP contribution in [-0.4, -0.2) is 25.7 Å². The Balaban J connectivity index is 0.00000199. The van der Waals surface area contributed by atoms with Crippen LogP contribution in [0.25, 0.3) is 11.1 Å². The number of aryl methyl sites for hydroxylation is 1. The van der Waals surface area contributed by atoms with Crippen LogP contribution < -0.4 is 15.5 Å². The summed E-state index contributed by atoms with van der Waals surface area (Å²) in [6, 6.07) is 26.5. The van der Waals surface area contributed by atoms with E-state index in [1.54, 1.807) is 9.80 Å². The Morgan fingerprint density at radius 2 is 1.35 bits per heavy atom. The number of nitrogens with two attached hydrogens (primary N) is 1. The molecule has 34 heavy (non-hydrogen) atoms. The van der Waals surface area contributed by atoms with Crippen molar-refractivity contribution in [2.75, 3.05) is 23.4 Å². The number of anilines is 2. The van der Waals surface area contributed by atoms with E-state index in [0.717, 1.165) is 42.6 Å². The minimum absolute atomic E-state index is 0.0705. The number of carbonyl (C=O) groups excluding carboxylic acids is 1. The highest BCUT2D eigenvalue weighted by molar-refractivity contribution is 6.03. The van der Waals surface area contributed by atoms with Crippen LogP contribution in [0.1, 0.15) is 52.5 Å². The smallest absolute Gasteiger partial charge is 0.326 e. The fourth-order valence-corrected chi connectivity index (χ4v) is 3.92. The third kappa shape index (κ3) is 7.46. The van der Waals surface area contributed by atoms with Crippen LogP contribution in [0.5, 0.6) is 0 Å². The van der Waals surface area contributed by atoms with Crippen LogP contribution in [0, 0.1) is 0 Å². The quantitative estimate of drug-likeness (QED) is 0.360. The zero-order valence-corrected chi connectivity index (χ0v) is 21.5. The molecule has 0 saturated heterocycles. The van der Waals surface area contributed by atoms with Gasteiger partial charge in [0, 0.05) is 31.0 Å². The first-order chi connectivity index (χ1) is 16.5. The van der Waals surface area contributed by atoms with E-state index in [1.165, 1.54) is 11.1 Å². The molecule has 0 aliphatic rings. The summed E-state index contributed by atoms with van der Waals surface area (Å²) >= 11 is 0. The molecular weight excluding hydrogens is 418 g/mol. The number of carbonyl (C=O) groups is 1. The molecule has 2 amide bonds. The van der Waals surface area contributed by atoms with E-state index in [-0.39, 0.29) is 12.1 Å². The van der Waals surface area contributed by atoms with Crippen molar-refractivity contribution in [1.29, 1.82) is 0 Å². The molecule has 4 heteroatoms. The van der Waals surface area contributed by atoms with Gasteiger partial charge in [0.1, 0.15) is 0 Å². The van der Waals surface area contributed by atoms with Gasteiger partial charge < -0.3 is 5.73 Å². The van der Waals surface area contributed by atoms with Crippen molar-refractivity contribution >= 4 is 17.4 Å². The van der Waals surface area contributed by atoms with Gasteiger partial charge in [-0.05, 0) is 53.8 Å². The standard InChI is InChI=1S/C28H35N3O.C2H6/c1-4-9-22-13-15-23(16-14-22)24-17-19-27(20-18-24)31(21-25(29)10-5-2)28(32)30(3)26-11-7-6-8-12-26;1-2/h6-8,11-20,25H,4-5,9-10,21,29H2,1-3H3;1-2H3. The largest absolute Gasteiger partial charge is 0.328 e. The van der Waals surface area contributed by atoms with Crippen LogP contribution >= 0.6 is 0 Å². The summed E-state index contributed by atoms with van der Waals surface area (Å²) in [5.74, 6) is 0. The summed E-state index contributed by atoms with van der Waals surface area (Å²) in [6.07, 6.45) is 4.12. The summed E-state index contributed by atoms with van der Waals surface area (Å²) in [5, 5.41) is 0. The molecule has 1 atom stereocenters. The molecule has 182 valence electrons. The number of benzene rings is 3. The second-order valence-corrected chi connectivity index (χ2v) is 8.33. The molecule has 0 aliphatic carbocycles. The van der Waals surface area contributed by atoms with E-state index in [4.69, 9.17) is 5.73 Å². The second-order valence-electron chi connectivity index (χ2n) is 8.33. The Kier molecular flexibility index (Phi) is 11.3. The van der Waals surface area contributed by atoms with Crippen LogP contribution in [-0.2, 0) is 6.42 Å². The van der Waals surface area contributed by atoms with Gasteiger partial charge in [0.05, 0.1) is 0 Å². The number of para-hydroxylation sites is 1. The molecule has 0 radical (unpaired) electrons. The summed E-state index contributed by atoms with van der Waals surface area (Å²) < 4.78 is 0. The van der Waals surface area contributed by atoms with Crippen molar-refractivity contribution in [2.45, 2.75) is 59.4 Å². The number of nitrogens with zero attached hydrogens (tertiary/aromatic N) is 2. The number of hydrogen-bond donors (Lipinski definition) is 1. The van der Waals surface area contributed by atoms with E-state index >= 15 is 0 Å². The zero-order chi connectivity index (χ0) is 24.9. The third-order valence-corrected chi connectivity index (χ3v) is 5.74. The van der Waals surface area contributed by atoms with Crippen molar-refractivity contribution < 1.29 is 4.79 Å². The molecule has 3 aromatic carbocycles. The Bertz CT molecular complexity index is 968. The van der Waals surface area contributed by atoms with Gasteiger partial charge in [-0.3, -0.25) is 9.80 Å². The van der Waals surface area contributed by atoms with Gasteiger partial charge in [-0.2, -0.15) is 0 Å². The average Bonchev–Trinajstić information content (AvgIpc) is 2.89. The SMILES string of the molecule is CC.CCCc1ccc(-c2ccc(N(CC(N)CCC)C(=O)N(C)c3ccccc3)cc2)cc1. The molecular formula is C30H41N3O. The molecule has 3 aromatic rings. The Labute approximate surface area is 206 Å². The summed E-state index contributed by atoms with van der Waals surface area (Å²) in [6.45, 7) is 8.79. The Morgan fingerprint density at radius 1 is 0.794 bits per heavy atom. The summed E-state index contributed by atoms with van der Waals surface area (Å²) in [7, 11) is 1.81. The second kappa shape index (κ2) is 14.2. The summed E-state index contributed by atoms with van der Waals surface area (Å²) in [5.41, 5.74) is 11.7. The predicted octanol–water partition coefficient (Wildman–Crippen LogP) is 7.52. The maximum atomic E-state index is 13.4. The highest BCUT2D eigenvalue weighted by atomic mass is 16.2. The third-order valence-electron chi connectivity index (χ3n) is 5.74. The van der Waals surface area contributed by atoms with Gasteiger partial charge in [0.2, 0.25) is 0 Å². The van der Waals surface area contributed by atoms with Gasteiger partial charge >= 0.3 is 6.03 Å². The first-order valence-corrected chi connectivity index (χ1v) is 12.6. The number of rotatable bonds is 9. The van der Waals surface area contributed by atoms with E-state index < -0.39 is 0 Å². The highest BCUT2D eigenvalue weighted by Crippen LogP contribution is 2.26. The molecule has 0 bridgehead atoms. The molecule has 0 spiro atoms. The van der Waals surface area contributed by atoms with E-state index in [1.807, 2.05) is 63.4 Å². The average molecular weight is 460 g/mol. The molecule has 1 unspecified atom stereocenters. The normalized spacial score (nSPS) is 11.2. The fraction of sp³-hybridized carbons (Fsp3) is 0.367. The molecule has 4 nitrogen and oxygen atoms in total.